The molecule has 132 valence electrons. The fraction of sp³-hybridized carbons (Fsp3) is 0.300. The summed E-state index contributed by atoms with van der Waals surface area (Å²) < 4.78 is 11.2. The summed E-state index contributed by atoms with van der Waals surface area (Å²) in [6.07, 6.45) is 0.972. The zero-order valence-electron chi connectivity index (χ0n) is 14.7. The van der Waals surface area contributed by atoms with Gasteiger partial charge in [-0.05, 0) is 56.2 Å². The van der Waals surface area contributed by atoms with E-state index in [9.17, 15) is 9.59 Å². The number of ether oxygens (including phenoxy) is 2. The third kappa shape index (κ3) is 5.08. The van der Waals surface area contributed by atoms with E-state index in [-0.39, 0.29) is 5.91 Å². The Bertz CT molecular complexity index is 725. The number of benzene rings is 2. The average molecular weight is 341 g/mol. The summed E-state index contributed by atoms with van der Waals surface area (Å²) >= 11 is 0. The van der Waals surface area contributed by atoms with Crippen LogP contribution in [0.4, 0.5) is 5.69 Å². The van der Waals surface area contributed by atoms with Crippen molar-refractivity contribution in [1.82, 2.24) is 0 Å². The van der Waals surface area contributed by atoms with Crippen molar-refractivity contribution in [1.29, 1.82) is 0 Å². The molecule has 0 aliphatic rings. The van der Waals surface area contributed by atoms with Crippen LogP contribution >= 0.6 is 0 Å². The number of hydrogen-bond donors (Lipinski definition) is 1. The number of rotatable bonds is 8. The third-order valence-electron chi connectivity index (χ3n) is 3.71. The van der Waals surface area contributed by atoms with E-state index < -0.39 is 6.10 Å². The molecule has 0 unspecified atom stereocenters. The lowest BCUT2D eigenvalue weighted by Crippen LogP contribution is -2.30. The Hall–Kier alpha value is -2.82. The largest absolute Gasteiger partial charge is 0.490 e. The Morgan fingerprint density at radius 2 is 1.84 bits per heavy atom. The molecule has 2 aromatic carbocycles. The molecule has 0 bridgehead atoms. The number of amides is 1. The Morgan fingerprint density at radius 1 is 1.12 bits per heavy atom. The fourth-order valence-corrected chi connectivity index (χ4v) is 2.28. The second-order valence-corrected chi connectivity index (χ2v) is 5.56. The minimum Gasteiger partial charge on any atom is -0.490 e. The van der Waals surface area contributed by atoms with E-state index in [1.807, 2.05) is 31.2 Å². The third-order valence-corrected chi connectivity index (χ3v) is 3.71. The maximum atomic E-state index is 12.3. The van der Waals surface area contributed by atoms with Crippen molar-refractivity contribution >= 4 is 17.9 Å². The molecule has 5 heteroatoms. The van der Waals surface area contributed by atoms with Gasteiger partial charge in [0.25, 0.3) is 5.91 Å². The summed E-state index contributed by atoms with van der Waals surface area (Å²) in [6.45, 7) is 6.02. The quantitative estimate of drug-likeness (QED) is 0.740. The minimum atomic E-state index is -0.716. The summed E-state index contributed by atoms with van der Waals surface area (Å²) in [4.78, 5) is 23.2. The molecule has 0 saturated carbocycles. The highest BCUT2D eigenvalue weighted by atomic mass is 16.5. The summed E-state index contributed by atoms with van der Waals surface area (Å²) in [5, 5.41) is 2.83. The van der Waals surface area contributed by atoms with Gasteiger partial charge in [-0.25, -0.2) is 0 Å². The summed E-state index contributed by atoms with van der Waals surface area (Å²) in [6, 6.07) is 12.5. The minimum absolute atomic E-state index is 0.258. The Kier molecular flexibility index (Phi) is 6.57. The number of carbonyl (C=O) groups excluding carboxylic acids is 2. The van der Waals surface area contributed by atoms with Gasteiger partial charge in [0, 0.05) is 11.3 Å². The van der Waals surface area contributed by atoms with E-state index in [1.165, 1.54) is 5.56 Å². The van der Waals surface area contributed by atoms with Crippen molar-refractivity contribution < 1.29 is 19.1 Å². The highest BCUT2D eigenvalue weighted by Crippen LogP contribution is 2.29. The molecule has 0 aliphatic heterocycles. The van der Waals surface area contributed by atoms with Gasteiger partial charge in [-0.2, -0.15) is 0 Å². The molecule has 2 rings (SSSR count). The van der Waals surface area contributed by atoms with E-state index in [1.54, 1.807) is 25.1 Å². The number of nitrogens with one attached hydrogen (secondary N) is 1. The molecule has 1 amide bonds. The summed E-state index contributed by atoms with van der Waals surface area (Å²) in [7, 11) is 0. The molecule has 0 heterocycles. The Labute approximate surface area is 148 Å². The molecule has 0 aliphatic carbocycles. The molecular weight excluding hydrogens is 318 g/mol. The first-order valence-corrected chi connectivity index (χ1v) is 8.35. The highest BCUT2D eigenvalue weighted by molar-refractivity contribution is 5.94. The van der Waals surface area contributed by atoms with Crippen LogP contribution in [-0.2, 0) is 11.2 Å². The molecule has 25 heavy (non-hydrogen) atoms. The fourth-order valence-electron chi connectivity index (χ4n) is 2.28. The van der Waals surface area contributed by atoms with E-state index in [0.717, 1.165) is 18.4 Å². The number of aldehydes is 1. The normalized spacial score (nSPS) is 11.5. The van der Waals surface area contributed by atoms with Gasteiger partial charge < -0.3 is 14.8 Å². The predicted octanol–water partition coefficient (Wildman–Crippen LogP) is 3.87. The first-order chi connectivity index (χ1) is 12.1. The van der Waals surface area contributed by atoms with Crippen LogP contribution in [0.3, 0.4) is 0 Å². The van der Waals surface area contributed by atoms with Crippen LogP contribution in [0.5, 0.6) is 11.5 Å². The maximum absolute atomic E-state index is 12.3. The molecule has 0 spiro atoms. The van der Waals surface area contributed by atoms with Gasteiger partial charge in [-0.1, -0.05) is 19.1 Å². The molecular formula is C20H23NO4. The van der Waals surface area contributed by atoms with Crippen LogP contribution in [0, 0.1) is 0 Å². The topological polar surface area (TPSA) is 64.6 Å². The predicted molar refractivity (Wildman–Crippen MR) is 97.5 cm³/mol. The van der Waals surface area contributed by atoms with Crippen LogP contribution in [-0.4, -0.2) is 24.9 Å². The van der Waals surface area contributed by atoms with Crippen molar-refractivity contribution in [3.8, 4) is 11.5 Å². The number of hydrogen-bond acceptors (Lipinski definition) is 4. The van der Waals surface area contributed by atoms with Crippen molar-refractivity contribution in [3.63, 3.8) is 0 Å². The lowest BCUT2D eigenvalue weighted by Gasteiger charge is -2.17. The molecule has 0 saturated heterocycles. The van der Waals surface area contributed by atoms with Crippen LogP contribution in [0.2, 0.25) is 0 Å². The van der Waals surface area contributed by atoms with Crippen LogP contribution in [0.15, 0.2) is 42.5 Å². The van der Waals surface area contributed by atoms with E-state index in [0.29, 0.717) is 23.7 Å². The molecule has 2 aromatic rings. The molecule has 1 atom stereocenters. The van der Waals surface area contributed by atoms with Gasteiger partial charge in [0.1, 0.15) is 6.29 Å². The van der Waals surface area contributed by atoms with E-state index in [4.69, 9.17) is 9.47 Å². The van der Waals surface area contributed by atoms with Gasteiger partial charge >= 0.3 is 0 Å². The molecule has 0 aromatic heterocycles. The van der Waals surface area contributed by atoms with Gasteiger partial charge in [-0.3, -0.25) is 9.59 Å². The Morgan fingerprint density at radius 3 is 2.44 bits per heavy atom. The summed E-state index contributed by atoms with van der Waals surface area (Å²) in [5.41, 5.74) is 2.42. The lowest BCUT2D eigenvalue weighted by molar-refractivity contribution is -0.122. The number of anilines is 1. The first-order valence-electron chi connectivity index (χ1n) is 8.35. The van der Waals surface area contributed by atoms with Crippen molar-refractivity contribution in [3.05, 3.63) is 53.6 Å². The molecule has 0 fully saturated rings. The average Bonchev–Trinajstić information content (AvgIpc) is 2.63. The van der Waals surface area contributed by atoms with E-state index >= 15 is 0 Å². The zero-order valence-corrected chi connectivity index (χ0v) is 14.7. The number of aryl methyl sites for hydroxylation is 1. The lowest BCUT2D eigenvalue weighted by atomic mass is 10.1. The van der Waals surface area contributed by atoms with Crippen LogP contribution < -0.4 is 14.8 Å². The molecule has 1 N–H and O–H groups in total. The van der Waals surface area contributed by atoms with E-state index in [2.05, 4.69) is 12.2 Å². The zero-order chi connectivity index (χ0) is 18.2. The maximum Gasteiger partial charge on any atom is 0.265 e. The van der Waals surface area contributed by atoms with Crippen molar-refractivity contribution in [2.45, 2.75) is 33.3 Å². The van der Waals surface area contributed by atoms with Gasteiger partial charge in [0.05, 0.1) is 6.61 Å². The molecule has 5 nitrogen and oxygen atoms in total. The standard InChI is InChI=1S/C20H23NO4/c1-4-15-6-9-17(10-7-15)21-20(23)14(3)25-18-11-8-16(13-22)12-19(18)24-5-2/h6-14H,4-5H2,1-3H3,(H,21,23)/t14-/m1/s1. The SMILES string of the molecule is CCOc1cc(C=O)ccc1O[C@H](C)C(=O)Nc1ccc(CC)cc1. The number of carbonyl (C=O) groups is 2. The second kappa shape index (κ2) is 8.87. The Balaban J connectivity index is 2.05. The van der Waals surface area contributed by atoms with Crippen molar-refractivity contribution in [2.75, 3.05) is 11.9 Å². The molecule has 0 radical (unpaired) electrons. The smallest absolute Gasteiger partial charge is 0.265 e. The highest BCUT2D eigenvalue weighted by Gasteiger charge is 2.17. The summed E-state index contributed by atoms with van der Waals surface area (Å²) in [5.74, 6) is 0.613. The van der Waals surface area contributed by atoms with Crippen LogP contribution in [0.1, 0.15) is 36.7 Å². The monoisotopic (exact) mass is 341 g/mol. The first kappa shape index (κ1) is 18.5. The van der Waals surface area contributed by atoms with Gasteiger partial charge in [0.2, 0.25) is 0 Å². The van der Waals surface area contributed by atoms with Crippen LogP contribution in [0.25, 0.3) is 0 Å². The van der Waals surface area contributed by atoms with Crippen molar-refractivity contribution in [2.24, 2.45) is 0 Å². The van der Waals surface area contributed by atoms with Gasteiger partial charge in [0.15, 0.2) is 17.6 Å². The van der Waals surface area contributed by atoms with Gasteiger partial charge in [-0.15, -0.1) is 0 Å². The second-order valence-electron chi connectivity index (χ2n) is 5.56.